The van der Waals surface area contributed by atoms with E-state index in [1.165, 1.54) is 6.20 Å². The van der Waals surface area contributed by atoms with Crippen molar-refractivity contribution in [2.24, 2.45) is 5.73 Å². The largest absolute Gasteiger partial charge is 0.364 e. The van der Waals surface area contributed by atoms with Crippen LogP contribution in [-0.4, -0.2) is 10.9 Å². The van der Waals surface area contributed by atoms with Crippen LogP contribution in [0.25, 0.3) is 0 Å². The van der Waals surface area contributed by atoms with Gasteiger partial charge in [-0.15, -0.1) is 12.3 Å². The van der Waals surface area contributed by atoms with Gasteiger partial charge in [0.2, 0.25) is 0 Å². The van der Waals surface area contributed by atoms with Gasteiger partial charge in [0.25, 0.3) is 5.91 Å². The van der Waals surface area contributed by atoms with E-state index in [1.54, 1.807) is 12.1 Å². The minimum absolute atomic E-state index is 0.260. The second kappa shape index (κ2) is 3.54. The maximum Gasteiger partial charge on any atom is 0.267 e. The maximum atomic E-state index is 10.8. The molecule has 0 radical (unpaired) electrons. The first kappa shape index (κ1) is 8.28. The zero-order chi connectivity index (χ0) is 8.97. The molecular formula is C9H8N2O. The van der Waals surface area contributed by atoms with Gasteiger partial charge in [-0.05, 0) is 11.6 Å². The number of pyridine rings is 1. The van der Waals surface area contributed by atoms with Gasteiger partial charge in [0.1, 0.15) is 5.69 Å². The lowest BCUT2D eigenvalue weighted by Crippen LogP contribution is -2.15. The van der Waals surface area contributed by atoms with E-state index >= 15 is 0 Å². The number of nitrogens with zero attached hydrogens (tertiary/aromatic N) is 1. The SMILES string of the molecule is C#CCc1cccnc1C(N)=O. The number of carbonyl (C=O) groups is 1. The summed E-state index contributed by atoms with van der Waals surface area (Å²) in [5.41, 5.74) is 6.04. The Hall–Kier alpha value is -1.82. The first-order valence-corrected chi connectivity index (χ1v) is 3.43. The van der Waals surface area contributed by atoms with Gasteiger partial charge in [-0.1, -0.05) is 6.07 Å². The molecule has 0 aliphatic heterocycles. The molecule has 0 bridgehead atoms. The molecule has 1 heterocycles. The Balaban J connectivity index is 3.10. The molecule has 1 amide bonds. The number of aromatic nitrogens is 1. The van der Waals surface area contributed by atoms with Crippen LogP contribution in [0.2, 0.25) is 0 Å². The second-order valence-electron chi connectivity index (χ2n) is 2.26. The summed E-state index contributed by atoms with van der Waals surface area (Å²) in [7, 11) is 0. The van der Waals surface area contributed by atoms with Crippen LogP contribution in [-0.2, 0) is 6.42 Å². The average molecular weight is 160 g/mol. The van der Waals surface area contributed by atoms with Crippen molar-refractivity contribution in [1.29, 1.82) is 0 Å². The molecule has 0 unspecified atom stereocenters. The highest BCUT2D eigenvalue weighted by Gasteiger charge is 2.06. The minimum Gasteiger partial charge on any atom is -0.364 e. The molecule has 0 aliphatic carbocycles. The number of hydrogen-bond acceptors (Lipinski definition) is 2. The van der Waals surface area contributed by atoms with Gasteiger partial charge in [0, 0.05) is 12.6 Å². The van der Waals surface area contributed by atoms with Crippen LogP contribution in [0, 0.1) is 12.3 Å². The van der Waals surface area contributed by atoms with Crippen molar-refractivity contribution in [2.75, 3.05) is 0 Å². The van der Waals surface area contributed by atoms with Crippen LogP contribution in [0.15, 0.2) is 18.3 Å². The Labute approximate surface area is 70.6 Å². The molecule has 1 rings (SSSR count). The summed E-state index contributed by atoms with van der Waals surface area (Å²) < 4.78 is 0. The van der Waals surface area contributed by atoms with E-state index in [0.717, 1.165) is 0 Å². The summed E-state index contributed by atoms with van der Waals surface area (Å²) in [6.07, 6.45) is 6.99. The predicted octanol–water partition coefficient (Wildman–Crippen LogP) is 0.356. The summed E-state index contributed by atoms with van der Waals surface area (Å²) in [6.45, 7) is 0. The standard InChI is InChI=1S/C9H8N2O/c1-2-4-7-5-3-6-11-8(7)9(10)12/h1,3,5-6H,4H2,(H2,10,12). The van der Waals surface area contributed by atoms with Crippen LogP contribution in [0.5, 0.6) is 0 Å². The van der Waals surface area contributed by atoms with Gasteiger partial charge in [-0.2, -0.15) is 0 Å². The first-order chi connectivity index (χ1) is 5.75. The van der Waals surface area contributed by atoms with Gasteiger partial charge in [0.05, 0.1) is 0 Å². The van der Waals surface area contributed by atoms with E-state index in [9.17, 15) is 4.79 Å². The highest BCUT2D eigenvalue weighted by molar-refractivity contribution is 5.92. The van der Waals surface area contributed by atoms with Crippen LogP contribution in [0.1, 0.15) is 16.1 Å². The predicted molar refractivity (Wildman–Crippen MR) is 45.3 cm³/mol. The molecule has 1 aromatic heterocycles. The van der Waals surface area contributed by atoms with E-state index in [4.69, 9.17) is 12.2 Å². The number of primary amides is 1. The third kappa shape index (κ3) is 1.61. The molecule has 0 atom stereocenters. The Kier molecular flexibility index (Phi) is 2.44. The first-order valence-electron chi connectivity index (χ1n) is 3.43. The molecule has 0 aromatic carbocycles. The molecule has 0 saturated carbocycles. The van der Waals surface area contributed by atoms with Crippen molar-refractivity contribution in [3.63, 3.8) is 0 Å². The number of hydrogen-bond donors (Lipinski definition) is 1. The smallest absolute Gasteiger partial charge is 0.267 e. The summed E-state index contributed by atoms with van der Waals surface area (Å²) >= 11 is 0. The molecule has 0 fully saturated rings. The average Bonchev–Trinajstić information content (AvgIpc) is 2.05. The molecule has 60 valence electrons. The number of carbonyl (C=O) groups excluding carboxylic acids is 1. The highest BCUT2D eigenvalue weighted by atomic mass is 16.1. The fraction of sp³-hybridized carbons (Fsp3) is 0.111. The van der Waals surface area contributed by atoms with Gasteiger partial charge in [0.15, 0.2) is 0 Å². The quantitative estimate of drug-likeness (QED) is 0.635. The Morgan fingerprint density at radius 2 is 2.50 bits per heavy atom. The normalized spacial score (nSPS) is 8.92. The Morgan fingerprint density at radius 3 is 3.08 bits per heavy atom. The van der Waals surface area contributed by atoms with E-state index in [1.807, 2.05) is 0 Å². The molecule has 12 heavy (non-hydrogen) atoms. The number of rotatable bonds is 2. The van der Waals surface area contributed by atoms with Gasteiger partial charge >= 0.3 is 0 Å². The second-order valence-corrected chi connectivity index (χ2v) is 2.26. The number of nitrogens with two attached hydrogens (primary N) is 1. The number of amides is 1. The van der Waals surface area contributed by atoms with Crippen LogP contribution in [0.3, 0.4) is 0 Å². The minimum atomic E-state index is -0.541. The van der Waals surface area contributed by atoms with Crippen LogP contribution < -0.4 is 5.73 Å². The fourth-order valence-electron chi connectivity index (χ4n) is 0.913. The zero-order valence-corrected chi connectivity index (χ0v) is 6.45. The summed E-state index contributed by atoms with van der Waals surface area (Å²) in [5, 5.41) is 0. The maximum absolute atomic E-state index is 10.8. The summed E-state index contributed by atoms with van der Waals surface area (Å²) in [5.74, 6) is 1.89. The molecule has 3 heteroatoms. The van der Waals surface area contributed by atoms with Crippen molar-refractivity contribution in [2.45, 2.75) is 6.42 Å². The van der Waals surface area contributed by atoms with Crippen molar-refractivity contribution in [1.82, 2.24) is 4.98 Å². The van der Waals surface area contributed by atoms with E-state index in [2.05, 4.69) is 10.9 Å². The highest BCUT2D eigenvalue weighted by Crippen LogP contribution is 2.04. The van der Waals surface area contributed by atoms with Gasteiger partial charge in [-0.3, -0.25) is 9.78 Å². The molecule has 2 N–H and O–H groups in total. The van der Waals surface area contributed by atoms with Crippen LogP contribution in [0.4, 0.5) is 0 Å². The van der Waals surface area contributed by atoms with Crippen molar-refractivity contribution >= 4 is 5.91 Å². The van der Waals surface area contributed by atoms with Gasteiger partial charge in [-0.25, -0.2) is 0 Å². The zero-order valence-electron chi connectivity index (χ0n) is 6.45. The summed E-state index contributed by atoms with van der Waals surface area (Å²) in [6, 6.07) is 3.46. The lowest BCUT2D eigenvalue weighted by Gasteiger charge is -1.99. The van der Waals surface area contributed by atoms with Crippen molar-refractivity contribution in [3.8, 4) is 12.3 Å². The summed E-state index contributed by atoms with van der Waals surface area (Å²) in [4.78, 5) is 14.6. The molecule has 1 aromatic rings. The Morgan fingerprint density at radius 1 is 1.75 bits per heavy atom. The fourth-order valence-corrected chi connectivity index (χ4v) is 0.913. The lowest BCUT2D eigenvalue weighted by atomic mass is 10.1. The Bertz CT molecular complexity index is 339. The van der Waals surface area contributed by atoms with E-state index < -0.39 is 5.91 Å². The molecule has 0 spiro atoms. The van der Waals surface area contributed by atoms with Crippen molar-refractivity contribution < 1.29 is 4.79 Å². The van der Waals surface area contributed by atoms with Crippen LogP contribution >= 0.6 is 0 Å². The number of terminal acetylenes is 1. The third-order valence-corrected chi connectivity index (χ3v) is 1.42. The van der Waals surface area contributed by atoms with E-state index in [-0.39, 0.29) is 5.69 Å². The molecular weight excluding hydrogens is 152 g/mol. The molecule has 0 saturated heterocycles. The lowest BCUT2D eigenvalue weighted by molar-refractivity contribution is 0.0995. The molecule has 3 nitrogen and oxygen atoms in total. The third-order valence-electron chi connectivity index (χ3n) is 1.42. The van der Waals surface area contributed by atoms with E-state index in [0.29, 0.717) is 12.0 Å². The topological polar surface area (TPSA) is 56.0 Å². The van der Waals surface area contributed by atoms with Gasteiger partial charge < -0.3 is 5.73 Å². The monoisotopic (exact) mass is 160 g/mol. The molecule has 0 aliphatic rings. The van der Waals surface area contributed by atoms with Crippen molar-refractivity contribution in [3.05, 3.63) is 29.6 Å².